The molecule has 0 saturated carbocycles. The van der Waals surface area contributed by atoms with E-state index in [1.807, 2.05) is 19.9 Å². The van der Waals surface area contributed by atoms with Crippen molar-refractivity contribution in [3.05, 3.63) is 54.1 Å². The molecule has 0 aromatic heterocycles. The van der Waals surface area contributed by atoms with Crippen LogP contribution in [0.5, 0.6) is 5.75 Å². The van der Waals surface area contributed by atoms with Crippen molar-refractivity contribution >= 4 is 40.5 Å². The summed E-state index contributed by atoms with van der Waals surface area (Å²) in [5, 5.41) is 8.56. The first-order chi connectivity index (χ1) is 13.4. The first kappa shape index (κ1) is 21.4. The zero-order valence-corrected chi connectivity index (χ0v) is 17.1. The molecule has 28 heavy (non-hydrogen) atoms. The van der Waals surface area contributed by atoms with Gasteiger partial charge in [0, 0.05) is 17.8 Å². The van der Waals surface area contributed by atoms with E-state index in [0.717, 1.165) is 0 Å². The van der Waals surface area contributed by atoms with Crippen molar-refractivity contribution in [2.75, 3.05) is 17.2 Å². The van der Waals surface area contributed by atoms with E-state index in [2.05, 4.69) is 16.0 Å². The lowest BCUT2D eigenvalue weighted by molar-refractivity contribution is -0.115. The summed E-state index contributed by atoms with van der Waals surface area (Å²) in [5.74, 6) is 0.474. The van der Waals surface area contributed by atoms with E-state index < -0.39 is 0 Å². The zero-order chi connectivity index (χ0) is 20.5. The predicted molar refractivity (Wildman–Crippen MR) is 116 cm³/mol. The van der Waals surface area contributed by atoms with Gasteiger partial charge in [0.15, 0.2) is 5.11 Å². The van der Waals surface area contributed by atoms with Crippen molar-refractivity contribution in [1.29, 1.82) is 0 Å². The molecule has 148 valence electrons. The number of carbonyl (C=O) groups is 2. The lowest BCUT2D eigenvalue weighted by Crippen LogP contribution is -2.34. The van der Waals surface area contributed by atoms with Crippen molar-refractivity contribution in [3.63, 3.8) is 0 Å². The summed E-state index contributed by atoms with van der Waals surface area (Å²) < 4.78 is 5.71. The molecule has 7 heteroatoms. The molecule has 2 amide bonds. The lowest BCUT2D eigenvalue weighted by atomic mass is 10.2. The van der Waals surface area contributed by atoms with Crippen molar-refractivity contribution < 1.29 is 14.3 Å². The van der Waals surface area contributed by atoms with E-state index in [-0.39, 0.29) is 16.9 Å². The Balaban J connectivity index is 1.96. The smallest absolute Gasteiger partial charge is 0.261 e. The molecule has 0 saturated heterocycles. The van der Waals surface area contributed by atoms with Gasteiger partial charge in [-0.05, 0) is 54.5 Å². The third kappa shape index (κ3) is 6.66. The van der Waals surface area contributed by atoms with Gasteiger partial charge in [-0.2, -0.15) is 0 Å². The molecule has 2 aromatic carbocycles. The number of hydrogen-bond donors (Lipinski definition) is 3. The lowest BCUT2D eigenvalue weighted by Gasteiger charge is -2.14. The van der Waals surface area contributed by atoms with Gasteiger partial charge in [0.2, 0.25) is 5.91 Å². The Morgan fingerprint density at radius 3 is 2.21 bits per heavy atom. The molecule has 6 nitrogen and oxygen atoms in total. The second-order valence-electron chi connectivity index (χ2n) is 6.59. The molecule has 0 aliphatic heterocycles. The molecule has 0 atom stereocenters. The molecule has 0 heterocycles. The Bertz CT molecular complexity index is 835. The fraction of sp³-hybridized carbons (Fsp3) is 0.286. The molecule has 0 bridgehead atoms. The van der Waals surface area contributed by atoms with Gasteiger partial charge in [-0.1, -0.05) is 32.9 Å². The normalized spacial score (nSPS) is 10.3. The summed E-state index contributed by atoms with van der Waals surface area (Å²) in [6, 6.07) is 14.1. The minimum atomic E-state index is -0.344. The number of anilines is 2. The minimum Gasteiger partial charge on any atom is -0.492 e. The van der Waals surface area contributed by atoms with Gasteiger partial charge in [-0.3, -0.25) is 14.9 Å². The van der Waals surface area contributed by atoms with Gasteiger partial charge in [0.1, 0.15) is 5.75 Å². The molecule has 3 N–H and O–H groups in total. The maximum atomic E-state index is 12.6. The monoisotopic (exact) mass is 399 g/mol. The third-order valence-corrected chi connectivity index (χ3v) is 3.88. The van der Waals surface area contributed by atoms with E-state index in [0.29, 0.717) is 41.6 Å². The number of thiocarbonyl (C=S) groups is 1. The second-order valence-corrected chi connectivity index (χ2v) is 7.00. The van der Waals surface area contributed by atoms with Gasteiger partial charge in [0.05, 0.1) is 12.2 Å². The largest absolute Gasteiger partial charge is 0.492 e. The van der Waals surface area contributed by atoms with Gasteiger partial charge >= 0.3 is 0 Å². The Morgan fingerprint density at radius 2 is 1.61 bits per heavy atom. The van der Waals surface area contributed by atoms with E-state index in [4.69, 9.17) is 17.0 Å². The Labute approximate surface area is 170 Å². The van der Waals surface area contributed by atoms with Crippen LogP contribution < -0.4 is 20.7 Å². The summed E-state index contributed by atoms with van der Waals surface area (Å²) in [7, 11) is 0. The second kappa shape index (κ2) is 10.4. The first-order valence-corrected chi connectivity index (χ1v) is 9.54. The standard InChI is InChI=1S/C21H25N3O3S/c1-4-19(25)22-15-9-11-16(12-10-15)23-21(28)24-20(26)17-7-5-6-8-18(17)27-13-14(2)3/h5-12,14H,4,13H2,1-3H3,(H,22,25)(H2,23,24,26,28). The number of nitrogens with one attached hydrogen (secondary N) is 3. The van der Waals surface area contributed by atoms with Crippen LogP contribution in [0.25, 0.3) is 0 Å². The number of ether oxygens (including phenoxy) is 1. The van der Waals surface area contributed by atoms with Crippen molar-refractivity contribution in [2.45, 2.75) is 27.2 Å². The zero-order valence-electron chi connectivity index (χ0n) is 16.2. The van der Waals surface area contributed by atoms with Gasteiger partial charge in [-0.15, -0.1) is 0 Å². The van der Waals surface area contributed by atoms with Crippen LogP contribution in [0.15, 0.2) is 48.5 Å². The minimum absolute atomic E-state index is 0.0538. The third-order valence-electron chi connectivity index (χ3n) is 3.68. The van der Waals surface area contributed by atoms with Crippen LogP contribution in [0, 0.1) is 5.92 Å². The van der Waals surface area contributed by atoms with Crippen molar-refractivity contribution in [1.82, 2.24) is 5.32 Å². The number of hydrogen-bond acceptors (Lipinski definition) is 4. The predicted octanol–water partition coefficient (Wildman–Crippen LogP) is 4.20. The summed E-state index contributed by atoms with van der Waals surface area (Å²) >= 11 is 5.23. The fourth-order valence-corrected chi connectivity index (χ4v) is 2.47. The topological polar surface area (TPSA) is 79.5 Å². The quantitative estimate of drug-likeness (QED) is 0.608. The number of benzene rings is 2. The maximum absolute atomic E-state index is 12.6. The van der Waals surface area contributed by atoms with Crippen LogP contribution in [0.3, 0.4) is 0 Å². The molecular weight excluding hydrogens is 374 g/mol. The molecule has 0 radical (unpaired) electrons. The summed E-state index contributed by atoms with van der Waals surface area (Å²) in [6.07, 6.45) is 0.415. The SMILES string of the molecule is CCC(=O)Nc1ccc(NC(=S)NC(=O)c2ccccc2OCC(C)C)cc1. The van der Waals surface area contributed by atoms with Crippen LogP contribution >= 0.6 is 12.2 Å². The summed E-state index contributed by atoms with van der Waals surface area (Å²) in [4.78, 5) is 24.0. The molecule has 0 unspecified atom stereocenters. The first-order valence-electron chi connectivity index (χ1n) is 9.13. The van der Waals surface area contributed by atoms with Crippen molar-refractivity contribution in [2.24, 2.45) is 5.92 Å². The fourth-order valence-electron chi connectivity index (χ4n) is 2.26. The molecule has 0 aliphatic rings. The summed E-state index contributed by atoms with van der Waals surface area (Å²) in [6.45, 7) is 6.40. The Kier molecular flexibility index (Phi) is 7.95. The van der Waals surface area contributed by atoms with Crippen LogP contribution in [0.4, 0.5) is 11.4 Å². The molecule has 0 spiro atoms. The number of amides is 2. The van der Waals surface area contributed by atoms with Gasteiger partial charge in [-0.25, -0.2) is 0 Å². The van der Waals surface area contributed by atoms with E-state index in [1.54, 1.807) is 49.4 Å². The van der Waals surface area contributed by atoms with Crippen LogP contribution in [-0.4, -0.2) is 23.5 Å². The maximum Gasteiger partial charge on any atom is 0.261 e. The molecule has 0 aliphatic carbocycles. The molecule has 2 aromatic rings. The number of rotatable bonds is 7. The highest BCUT2D eigenvalue weighted by Crippen LogP contribution is 2.19. The van der Waals surface area contributed by atoms with Gasteiger partial charge in [0.25, 0.3) is 5.91 Å². The Morgan fingerprint density at radius 1 is 1.00 bits per heavy atom. The van der Waals surface area contributed by atoms with Crippen molar-refractivity contribution in [3.8, 4) is 5.75 Å². The van der Waals surface area contributed by atoms with Crippen LogP contribution in [0.2, 0.25) is 0 Å². The van der Waals surface area contributed by atoms with E-state index >= 15 is 0 Å². The molecule has 2 rings (SSSR count). The van der Waals surface area contributed by atoms with Gasteiger partial charge < -0.3 is 15.4 Å². The van der Waals surface area contributed by atoms with Crippen LogP contribution in [0.1, 0.15) is 37.6 Å². The average Bonchev–Trinajstić information content (AvgIpc) is 2.67. The van der Waals surface area contributed by atoms with E-state index in [9.17, 15) is 9.59 Å². The molecular formula is C21H25N3O3S. The average molecular weight is 400 g/mol. The molecule has 0 fully saturated rings. The number of carbonyl (C=O) groups excluding carboxylic acids is 2. The highest BCUT2D eigenvalue weighted by molar-refractivity contribution is 7.80. The highest BCUT2D eigenvalue weighted by atomic mass is 32.1. The summed E-state index contributed by atoms with van der Waals surface area (Å²) in [5.41, 5.74) is 1.82. The Hall–Kier alpha value is -2.93. The van der Waals surface area contributed by atoms with Crippen LogP contribution in [-0.2, 0) is 4.79 Å². The highest BCUT2D eigenvalue weighted by Gasteiger charge is 2.14. The number of para-hydroxylation sites is 1. The van der Waals surface area contributed by atoms with E-state index in [1.165, 1.54) is 0 Å².